The molecule has 2 rings (SSSR count). The third-order valence-corrected chi connectivity index (χ3v) is 4.99. The van der Waals surface area contributed by atoms with E-state index in [4.69, 9.17) is 12.2 Å². The van der Waals surface area contributed by atoms with Crippen molar-refractivity contribution in [1.82, 2.24) is 5.32 Å². The summed E-state index contributed by atoms with van der Waals surface area (Å²) in [6, 6.07) is 3.20. The smallest absolute Gasteiger partial charge is 0.271 e. The summed E-state index contributed by atoms with van der Waals surface area (Å²) in [5.41, 5.74) is -0.107. The number of sulfone groups is 1. The minimum atomic E-state index is -3.03. The Hall–Kier alpha value is -1.94. The van der Waals surface area contributed by atoms with Gasteiger partial charge in [-0.05, 0) is 24.7 Å². The molecule has 3 N–H and O–H groups in total. The Morgan fingerprint density at radius 3 is 2.76 bits per heavy atom. The van der Waals surface area contributed by atoms with Crippen LogP contribution in [0.25, 0.3) is 0 Å². The molecule has 0 bridgehead atoms. The second-order valence-electron chi connectivity index (χ2n) is 4.66. The summed E-state index contributed by atoms with van der Waals surface area (Å²) in [5.74, 6) is -0.0887. The second kappa shape index (κ2) is 5.82. The second-order valence-corrected chi connectivity index (χ2v) is 7.29. The van der Waals surface area contributed by atoms with Crippen molar-refractivity contribution in [2.75, 3.05) is 16.8 Å². The number of nitro groups is 1. The van der Waals surface area contributed by atoms with Crippen LogP contribution in [-0.4, -0.2) is 41.1 Å². The lowest BCUT2D eigenvalue weighted by molar-refractivity contribution is -0.384. The van der Waals surface area contributed by atoms with Crippen LogP contribution in [0.5, 0.6) is 5.75 Å². The number of non-ortho nitro benzene ring substituents is 1. The quantitative estimate of drug-likeness (QED) is 0.321. The predicted molar refractivity (Wildman–Crippen MR) is 81.2 cm³/mol. The van der Waals surface area contributed by atoms with Crippen LogP contribution in [0, 0.1) is 10.1 Å². The molecular formula is C11H13N3O5S2. The molecule has 0 unspecified atom stereocenters. The topological polar surface area (TPSA) is 122 Å². The highest BCUT2D eigenvalue weighted by Gasteiger charge is 2.28. The fraction of sp³-hybridized carbons (Fsp3) is 0.364. The number of nitrogens with zero attached hydrogens (tertiary/aromatic N) is 1. The highest BCUT2D eigenvalue weighted by atomic mass is 32.2. The number of rotatable bonds is 3. The average Bonchev–Trinajstić information content (AvgIpc) is 2.71. The maximum Gasteiger partial charge on any atom is 0.271 e. The van der Waals surface area contributed by atoms with E-state index in [2.05, 4.69) is 10.6 Å². The SMILES string of the molecule is O=[N+]([O-])c1ccc(O)c(NC(=S)N[C@@H]2CCS(=O)(=O)C2)c1. The van der Waals surface area contributed by atoms with Gasteiger partial charge in [-0.15, -0.1) is 0 Å². The summed E-state index contributed by atoms with van der Waals surface area (Å²) >= 11 is 5.02. The fourth-order valence-corrected chi connectivity index (χ4v) is 3.94. The predicted octanol–water partition coefficient (Wildman–Crippen LogP) is 0.774. The number of thiocarbonyl (C=S) groups is 1. The molecule has 0 amide bonds. The van der Waals surface area contributed by atoms with Gasteiger partial charge < -0.3 is 15.7 Å². The zero-order valence-electron chi connectivity index (χ0n) is 10.8. The van der Waals surface area contributed by atoms with Crippen molar-refractivity contribution in [3.63, 3.8) is 0 Å². The van der Waals surface area contributed by atoms with Crippen molar-refractivity contribution in [2.45, 2.75) is 12.5 Å². The molecule has 1 saturated heterocycles. The largest absolute Gasteiger partial charge is 0.506 e. The van der Waals surface area contributed by atoms with Gasteiger partial charge in [-0.1, -0.05) is 0 Å². The van der Waals surface area contributed by atoms with E-state index in [1.807, 2.05) is 0 Å². The molecule has 8 nitrogen and oxygen atoms in total. The molecule has 21 heavy (non-hydrogen) atoms. The van der Waals surface area contributed by atoms with Gasteiger partial charge in [0.25, 0.3) is 5.69 Å². The van der Waals surface area contributed by atoms with Crippen LogP contribution in [0.1, 0.15) is 6.42 Å². The normalized spacial score (nSPS) is 19.9. The van der Waals surface area contributed by atoms with Crippen LogP contribution in [0.15, 0.2) is 18.2 Å². The van der Waals surface area contributed by atoms with Crippen LogP contribution in [0.3, 0.4) is 0 Å². The van der Waals surface area contributed by atoms with Crippen molar-refractivity contribution in [1.29, 1.82) is 0 Å². The monoisotopic (exact) mass is 331 g/mol. The number of hydrogen-bond acceptors (Lipinski definition) is 6. The number of phenolic OH excluding ortho intramolecular Hbond substituents is 1. The number of nitro benzene ring substituents is 1. The van der Waals surface area contributed by atoms with Crippen molar-refractivity contribution < 1.29 is 18.4 Å². The Kier molecular flexibility index (Phi) is 4.28. The van der Waals surface area contributed by atoms with Gasteiger partial charge >= 0.3 is 0 Å². The number of benzene rings is 1. The highest BCUT2D eigenvalue weighted by molar-refractivity contribution is 7.91. The van der Waals surface area contributed by atoms with Crippen LogP contribution < -0.4 is 10.6 Å². The number of phenols is 1. The highest BCUT2D eigenvalue weighted by Crippen LogP contribution is 2.27. The van der Waals surface area contributed by atoms with Crippen LogP contribution in [-0.2, 0) is 9.84 Å². The first-order chi connectivity index (χ1) is 9.77. The molecule has 1 heterocycles. The summed E-state index contributed by atoms with van der Waals surface area (Å²) in [4.78, 5) is 10.1. The minimum Gasteiger partial charge on any atom is -0.506 e. The van der Waals surface area contributed by atoms with Crippen LogP contribution in [0.4, 0.5) is 11.4 Å². The van der Waals surface area contributed by atoms with Crippen molar-refractivity contribution >= 4 is 38.5 Å². The molecule has 1 aromatic rings. The van der Waals surface area contributed by atoms with Crippen molar-refractivity contribution in [3.05, 3.63) is 28.3 Å². The Morgan fingerprint density at radius 1 is 1.48 bits per heavy atom. The molecule has 0 saturated carbocycles. The van der Waals surface area contributed by atoms with Gasteiger partial charge in [0.1, 0.15) is 5.75 Å². The zero-order chi connectivity index (χ0) is 15.6. The maximum atomic E-state index is 11.3. The van der Waals surface area contributed by atoms with Gasteiger partial charge in [0.15, 0.2) is 14.9 Å². The maximum absolute atomic E-state index is 11.3. The molecule has 1 aliphatic rings. The van der Waals surface area contributed by atoms with E-state index >= 15 is 0 Å². The summed E-state index contributed by atoms with van der Waals surface area (Å²) in [5, 5.41) is 25.9. The molecule has 1 aromatic carbocycles. The molecule has 1 fully saturated rings. The van der Waals surface area contributed by atoms with E-state index in [-0.39, 0.29) is 39.8 Å². The molecule has 0 aromatic heterocycles. The Labute approximate surface area is 126 Å². The summed E-state index contributed by atoms with van der Waals surface area (Å²) < 4.78 is 22.7. The van der Waals surface area contributed by atoms with Gasteiger partial charge in [-0.3, -0.25) is 10.1 Å². The van der Waals surface area contributed by atoms with Gasteiger partial charge in [0, 0.05) is 18.2 Å². The molecule has 1 aliphatic heterocycles. The molecular weight excluding hydrogens is 318 g/mol. The van der Waals surface area contributed by atoms with Crippen LogP contribution in [0.2, 0.25) is 0 Å². The van der Waals surface area contributed by atoms with Crippen molar-refractivity contribution in [2.24, 2.45) is 0 Å². The third-order valence-electron chi connectivity index (χ3n) is 3.01. The number of anilines is 1. The molecule has 0 aliphatic carbocycles. The fourth-order valence-electron chi connectivity index (χ4n) is 1.99. The number of nitrogens with one attached hydrogen (secondary N) is 2. The lowest BCUT2D eigenvalue weighted by Crippen LogP contribution is -2.38. The van der Waals surface area contributed by atoms with Crippen LogP contribution >= 0.6 is 12.2 Å². The Balaban J connectivity index is 2.03. The standard InChI is InChI=1S/C11H13N3O5S2/c15-10-2-1-8(14(16)17)5-9(10)13-11(20)12-7-3-4-21(18,19)6-7/h1-2,5,7,15H,3-4,6H2,(H2,12,13,20)/t7-/m1/s1. The zero-order valence-corrected chi connectivity index (χ0v) is 12.4. The van der Waals surface area contributed by atoms with Gasteiger partial charge in [0.2, 0.25) is 0 Å². The number of hydrogen-bond donors (Lipinski definition) is 3. The lowest BCUT2D eigenvalue weighted by Gasteiger charge is -2.15. The van der Waals surface area contributed by atoms with E-state index in [9.17, 15) is 23.6 Å². The minimum absolute atomic E-state index is 0.00423. The van der Waals surface area contributed by atoms with Gasteiger partial charge in [-0.2, -0.15) is 0 Å². The number of aromatic hydroxyl groups is 1. The third kappa shape index (κ3) is 4.02. The lowest BCUT2D eigenvalue weighted by atomic mass is 10.2. The molecule has 0 spiro atoms. The summed E-state index contributed by atoms with van der Waals surface area (Å²) in [6.07, 6.45) is 0.449. The first-order valence-electron chi connectivity index (χ1n) is 6.02. The Morgan fingerprint density at radius 2 is 2.19 bits per heavy atom. The Bertz CT molecular complexity index is 689. The van der Waals surface area contributed by atoms with E-state index in [0.29, 0.717) is 6.42 Å². The summed E-state index contributed by atoms with van der Waals surface area (Å²) in [6.45, 7) is 0. The van der Waals surface area contributed by atoms with Crippen molar-refractivity contribution in [3.8, 4) is 5.75 Å². The first-order valence-corrected chi connectivity index (χ1v) is 8.25. The van der Waals surface area contributed by atoms with E-state index in [1.54, 1.807) is 0 Å². The molecule has 1 atom stereocenters. The van der Waals surface area contributed by atoms with E-state index < -0.39 is 14.8 Å². The molecule has 114 valence electrons. The molecule has 10 heteroatoms. The van der Waals surface area contributed by atoms with E-state index in [1.165, 1.54) is 12.1 Å². The van der Waals surface area contributed by atoms with Gasteiger partial charge in [0.05, 0.1) is 22.1 Å². The first kappa shape index (κ1) is 15.4. The molecule has 0 radical (unpaired) electrons. The average molecular weight is 331 g/mol. The van der Waals surface area contributed by atoms with E-state index in [0.717, 1.165) is 6.07 Å². The van der Waals surface area contributed by atoms with Gasteiger partial charge in [-0.25, -0.2) is 8.42 Å². The summed E-state index contributed by atoms with van der Waals surface area (Å²) in [7, 11) is -3.03.